The number of carbonyl (C=O) groups is 1. The molecule has 0 spiro atoms. The Balaban J connectivity index is 3.09. The molecule has 1 N–H and O–H groups in total. The minimum Gasteiger partial charge on any atom is -0.480 e. The van der Waals surface area contributed by atoms with Crippen LogP contribution in [-0.4, -0.2) is 54.6 Å². The van der Waals surface area contributed by atoms with Gasteiger partial charge in [-0.15, -0.1) is 0 Å². The van der Waals surface area contributed by atoms with Gasteiger partial charge in [0.05, 0.1) is 4.92 Å². The molecule has 112 valence electrons. The van der Waals surface area contributed by atoms with Crippen molar-refractivity contribution in [2.24, 2.45) is 0 Å². The average molecular weight is 292 g/mol. The van der Waals surface area contributed by atoms with Gasteiger partial charge in [-0.2, -0.15) is 5.26 Å². The molecule has 0 unspecified atom stereocenters. The maximum absolute atomic E-state index is 10.9. The van der Waals surface area contributed by atoms with Gasteiger partial charge in [-0.1, -0.05) is 0 Å². The van der Waals surface area contributed by atoms with Crippen molar-refractivity contribution in [3.63, 3.8) is 0 Å². The van der Waals surface area contributed by atoms with Crippen LogP contribution >= 0.6 is 0 Å². The van der Waals surface area contributed by atoms with E-state index in [0.717, 1.165) is 0 Å². The second-order valence-electron chi connectivity index (χ2n) is 4.69. The van der Waals surface area contributed by atoms with Gasteiger partial charge in [-0.3, -0.25) is 14.9 Å². The minimum absolute atomic E-state index is 0.0854. The topological polar surface area (TPSA) is 111 Å². The van der Waals surface area contributed by atoms with Gasteiger partial charge >= 0.3 is 5.97 Å². The quantitative estimate of drug-likeness (QED) is 0.587. The second kappa shape index (κ2) is 7.21. The molecule has 0 aliphatic rings. The Hall–Kier alpha value is -2.66. The zero-order chi connectivity index (χ0) is 16.0. The Labute approximate surface area is 122 Å². The van der Waals surface area contributed by atoms with E-state index in [0.29, 0.717) is 18.8 Å². The van der Waals surface area contributed by atoms with E-state index in [1.165, 1.54) is 18.2 Å². The summed E-state index contributed by atoms with van der Waals surface area (Å²) in [5.74, 6) is -1.01. The normalized spacial score (nSPS) is 10.2. The minimum atomic E-state index is -1.01. The molecule has 0 saturated heterocycles. The lowest BCUT2D eigenvalue weighted by Crippen LogP contribution is -2.35. The summed E-state index contributed by atoms with van der Waals surface area (Å²) in [5, 5.41) is 28.7. The fourth-order valence-corrected chi connectivity index (χ4v) is 1.75. The predicted octanol–water partition coefficient (Wildman–Crippen LogP) is 0.919. The molecule has 0 radical (unpaired) electrons. The molecule has 1 rings (SSSR count). The number of nitro groups is 1. The van der Waals surface area contributed by atoms with E-state index < -0.39 is 10.9 Å². The lowest BCUT2D eigenvalue weighted by atomic mass is 10.1. The Morgan fingerprint density at radius 1 is 1.43 bits per heavy atom. The van der Waals surface area contributed by atoms with Crippen LogP contribution in [0.4, 0.5) is 11.4 Å². The van der Waals surface area contributed by atoms with Gasteiger partial charge < -0.3 is 14.9 Å². The molecule has 1 aromatic carbocycles. The van der Waals surface area contributed by atoms with Crippen LogP contribution in [0, 0.1) is 21.4 Å². The first-order valence-electron chi connectivity index (χ1n) is 6.15. The molecule has 0 aliphatic carbocycles. The van der Waals surface area contributed by atoms with Gasteiger partial charge in [0.15, 0.2) is 0 Å². The summed E-state index contributed by atoms with van der Waals surface area (Å²) in [4.78, 5) is 24.5. The van der Waals surface area contributed by atoms with Gasteiger partial charge in [0.2, 0.25) is 0 Å². The summed E-state index contributed by atoms with van der Waals surface area (Å²) in [6.07, 6.45) is 0. The summed E-state index contributed by atoms with van der Waals surface area (Å²) in [5.41, 5.74) is 0.100. The van der Waals surface area contributed by atoms with Crippen molar-refractivity contribution in [1.29, 1.82) is 5.26 Å². The fourth-order valence-electron chi connectivity index (χ4n) is 1.75. The van der Waals surface area contributed by atoms with Crippen LogP contribution < -0.4 is 4.90 Å². The highest BCUT2D eigenvalue weighted by Gasteiger charge is 2.17. The third kappa shape index (κ3) is 4.74. The summed E-state index contributed by atoms with van der Waals surface area (Å²) in [7, 11) is 3.71. The monoisotopic (exact) mass is 292 g/mol. The SMILES string of the molecule is CN(C)CCN(CC(=O)O)c1ccc([N+](=O)[O-])c(C#N)c1. The van der Waals surface area contributed by atoms with E-state index in [9.17, 15) is 14.9 Å². The zero-order valence-corrected chi connectivity index (χ0v) is 11.8. The van der Waals surface area contributed by atoms with Crippen LogP contribution in [0.25, 0.3) is 0 Å². The van der Waals surface area contributed by atoms with Crippen molar-refractivity contribution in [1.82, 2.24) is 4.90 Å². The molecule has 0 aromatic heterocycles. The zero-order valence-electron chi connectivity index (χ0n) is 11.8. The number of hydrogen-bond donors (Lipinski definition) is 1. The molecule has 1 aromatic rings. The maximum Gasteiger partial charge on any atom is 0.323 e. The summed E-state index contributed by atoms with van der Waals surface area (Å²) < 4.78 is 0. The molecular weight excluding hydrogens is 276 g/mol. The molecule has 8 heteroatoms. The van der Waals surface area contributed by atoms with Gasteiger partial charge in [0, 0.05) is 24.8 Å². The molecule has 21 heavy (non-hydrogen) atoms. The molecule has 0 bridgehead atoms. The van der Waals surface area contributed by atoms with E-state index in [1.807, 2.05) is 19.0 Å². The van der Waals surface area contributed by atoms with Gasteiger partial charge in [-0.25, -0.2) is 0 Å². The van der Waals surface area contributed by atoms with Crippen LogP contribution in [-0.2, 0) is 4.79 Å². The number of nitrogens with zero attached hydrogens (tertiary/aromatic N) is 4. The highest BCUT2D eigenvalue weighted by Crippen LogP contribution is 2.24. The average Bonchev–Trinajstić information content (AvgIpc) is 2.42. The lowest BCUT2D eigenvalue weighted by Gasteiger charge is -2.24. The number of nitro benzene ring substituents is 1. The molecule has 0 fully saturated rings. The first-order valence-corrected chi connectivity index (χ1v) is 6.15. The van der Waals surface area contributed by atoms with E-state index in [1.54, 1.807) is 11.0 Å². The summed E-state index contributed by atoms with van der Waals surface area (Å²) >= 11 is 0. The number of likely N-dealkylation sites (N-methyl/N-ethyl adjacent to an activating group) is 1. The molecule has 0 saturated carbocycles. The molecular formula is C13H16N4O4. The highest BCUT2D eigenvalue weighted by molar-refractivity contribution is 5.74. The van der Waals surface area contributed by atoms with Gasteiger partial charge in [-0.05, 0) is 26.2 Å². The lowest BCUT2D eigenvalue weighted by molar-refractivity contribution is -0.385. The van der Waals surface area contributed by atoms with Gasteiger partial charge in [0.1, 0.15) is 18.2 Å². The Kier molecular flexibility index (Phi) is 5.63. The molecule has 0 aliphatic heterocycles. The number of anilines is 1. The molecule has 0 amide bonds. The molecule has 0 heterocycles. The van der Waals surface area contributed by atoms with E-state index in [2.05, 4.69) is 0 Å². The maximum atomic E-state index is 10.9. The Bertz CT molecular complexity index is 580. The summed E-state index contributed by atoms with van der Waals surface area (Å²) in [6, 6.07) is 5.78. The number of carboxylic acid groups (broad SMARTS) is 1. The predicted molar refractivity (Wildman–Crippen MR) is 76.2 cm³/mol. The van der Waals surface area contributed by atoms with E-state index in [4.69, 9.17) is 10.4 Å². The van der Waals surface area contributed by atoms with Crippen molar-refractivity contribution in [3.8, 4) is 6.07 Å². The van der Waals surface area contributed by atoms with Crippen molar-refractivity contribution in [3.05, 3.63) is 33.9 Å². The van der Waals surface area contributed by atoms with Crippen LogP contribution in [0.1, 0.15) is 5.56 Å². The largest absolute Gasteiger partial charge is 0.480 e. The number of benzene rings is 1. The van der Waals surface area contributed by atoms with Crippen LogP contribution in [0.3, 0.4) is 0 Å². The Morgan fingerprint density at radius 3 is 2.57 bits per heavy atom. The van der Waals surface area contributed by atoms with E-state index in [-0.39, 0.29) is 17.8 Å². The fraction of sp³-hybridized carbons (Fsp3) is 0.385. The number of aliphatic carboxylic acids is 1. The molecule has 0 atom stereocenters. The third-order valence-corrected chi connectivity index (χ3v) is 2.81. The molecule has 8 nitrogen and oxygen atoms in total. The summed E-state index contributed by atoms with van der Waals surface area (Å²) in [6.45, 7) is 0.810. The second-order valence-corrected chi connectivity index (χ2v) is 4.69. The first-order chi connectivity index (χ1) is 9.85. The van der Waals surface area contributed by atoms with Crippen LogP contribution in [0.5, 0.6) is 0 Å². The number of nitriles is 1. The van der Waals surface area contributed by atoms with Crippen molar-refractivity contribution in [2.75, 3.05) is 38.6 Å². The van der Waals surface area contributed by atoms with E-state index >= 15 is 0 Å². The number of hydrogen-bond acceptors (Lipinski definition) is 6. The van der Waals surface area contributed by atoms with Crippen molar-refractivity contribution >= 4 is 17.3 Å². The van der Waals surface area contributed by atoms with Gasteiger partial charge in [0.25, 0.3) is 5.69 Å². The smallest absolute Gasteiger partial charge is 0.323 e. The first kappa shape index (κ1) is 16.4. The Morgan fingerprint density at radius 2 is 2.10 bits per heavy atom. The van der Waals surface area contributed by atoms with Crippen LogP contribution in [0.15, 0.2) is 18.2 Å². The van der Waals surface area contributed by atoms with Crippen molar-refractivity contribution in [2.45, 2.75) is 0 Å². The highest BCUT2D eigenvalue weighted by atomic mass is 16.6. The number of rotatable bonds is 7. The standard InChI is InChI=1S/C13H16N4O4/c1-15(2)5-6-16(9-13(18)19)11-3-4-12(17(20)21)10(7-11)8-14/h3-4,7H,5-6,9H2,1-2H3,(H,18,19). The van der Waals surface area contributed by atoms with Crippen molar-refractivity contribution < 1.29 is 14.8 Å². The number of carboxylic acids is 1. The van der Waals surface area contributed by atoms with Crippen LogP contribution in [0.2, 0.25) is 0 Å². The third-order valence-electron chi connectivity index (χ3n) is 2.81.